The lowest BCUT2D eigenvalue weighted by molar-refractivity contribution is 0.479. The number of para-hydroxylation sites is 1. The number of aryl methyl sites for hydroxylation is 1. The number of ether oxygens (including phenoxy) is 1. The third kappa shape index (κ3) is 4.45. The zero-order chi connectivity index (χ0) is 25.2. The first-order chi connectivity index (χ1) is 18.2. The molecule has 6 nitrogen and oxygen atoms in total. The number of benzene rings is 2. The van der Waals surface area contributed by atoms with E-state index in [1.165, 1.54) is 0 Å². The second-order valence-electron chi connectivity index (χ2n) is 8.87. The molecule has 1 aliphatic heterocycles. The molecule has 0 saturated carbocycles. The van der Waals surface area contributed by atoms with Gasteiger partial charge in [0, 0.05) is 30.0 Å². The van der Waals surface area contributed by atoms with Crippen LogP contribution in [0.1, 0.15) is 29.0 Å². The Kier molecular flexibility index (Phi) is 6.12. The molecular formula is C30H25N5OS. The molecule has 182 valence electrons. The fraction of sp³-hybridized carbons (Fsp3) is 0.100. The van der Waals surface area contributed by atoms with Gasteiger partial charge < -0.3 is 19.5 Å². The van der Waals surface area contributed by atoms with Crippen LogP contribution in [0.4, 0.5) is 5.69 Å². The van der Waals surface area contributed by atoms with Gasteiger partial charge in [0.2, 0.25) is 0 Å². The zero-order valence-electron chi connectivity index (χ0n) is 20.2. The number of hydrogen-bond donors (Lipinski definition) is 1. The van der Waals surface area contributed by atoms with E-state index in [-0.39, 0.29) is 12.1 Å². The third-order valence-corrected chi connectivity index (χ3v) is 6.86. The Hall–Kier alpha value is -4.49. The van der Waals surface area contributed by atoms with Crippen molar-refractivity contribution in [2.45, 2.75) is 19.0 Å². The first-order valence-electron chi connectivity index (χ1n) is 12.1. The quantitative estimate of drug-likeness (QED) is 0.265. The molecule has 0 unspecified atom stereocenters. The Morgan fingerprint density at radius 1 is 0.838 bits per heavy atom. The maximum absolute atomic E-state index is 6.13. The predicted molar refractivity (Wildman–Crippen MR) is 149 cm³/mol. The fourth-order valence-electron chi connectivity index (χ4n) is 4.77. The smallest absolute Gasteiger partial charge is 0.174 e. The summed E-state index contributed by atoms with van der Waals surface area (Å²) in [7, 11) is 0. The summed E-state index contributed by atoms with van der Waals surface area (Å²) in [6, 6.07) is 29.9. The van der Waals surface area contributed by atoms with Crippen LogP contribution in [0.3, 0.4) is 0 Å². The summed E-state index contributed by atoms with van der Waals surface area (Å²) in [5.74, 6) is 1.61. The van der Waals surface area contributed by atoms with E-state index in [0.717, 1.165) is 39.8 Å². The molecule has 0 amide bonds. The Morgan fingerprint density at radius 2 is 1.68 bits per heavy atom. The van der Waals surface area contributed by atoms with Gasteiger partial charge in [0.05, 0.1) is 23.6 Å². The van der Waals surface area contributed by atoms with Gasteiger partial charge in [-0.15, -0.1) is 0 Å². The van der Waals surface area contributed by atoms with Crippen LogP contribution in [0.2, 0.25) is 0 Å². The van der Waals surface area contributed by atoms with E-state index in [0.29, 0.717) is 5.11 Å². The average Bonchev–Trinajstić information content (AvgIpc) is 3.56. The lowest BCUT2D eigenvalue weighted by Crippen LogP contribution is -2.30. The monoisotopic (exact) mass is 503 g/mol. The topological polar surface area (TPSA) is 55.2 Å². The molecule has 1 N–H and O–H groups in total. The van der Waals surface area contributed by atoms with Gasteiger partial charge in [0.25, 0.3) is 0 Å². The summed E-state index contributed by atoms with van der Waals surface area (Å²) in [5.41, 5.74) is 5.05. The number of thiocarbonyl (C=S) groups is 1. The molecule has 3 aromatic heterocycles. The van der Waals surface area contributed by atoms with E-state index in [4.69, 9.17) is 17.0 Å². The van der Waals surface area contributed by atoms with Crippen LogP contribution in [0.25, 0.3) is 5.69 Å². The minimum Gasteiger partial charge on any atom is -0.457 e. The molecule has 5 aromatic rings. The first kappa shape index (κ1) is 22.9. The lowest BCUT2D eigenvalue weighted by Gasteiger charge is -2.29. The van der Waals surface area contributed by atoms with Gasteiger partial charge in [-0.2, -0.15) is 0 Å². The van der Waals surface area contributed by atoms with Gasteiger partial charge >= 0.3 is 0 Å². The molecule has 4 heterocycles. The van der Waals surface area contributed by atoms with Crippen LogP contribution in [-0.4, -0.2) is 19.6 Å². The van der Waals surface area contributed by atoms with Crippen LogP contribution >= 0.6 is 12.2 Å². The highest BCUT2D eigenvalue weighted by Crippen LogP contribution is 2.42. The van der Waals surface area contributed by atoms with Crippen molar-refractivity contribution in [3.8, 4) is 17.2 Å². The van der Waals surface area contributed by atoms with Gasteiger partial charge in [-0.1, -0.05) is 24.3 Å². The summed E-state index contributed by atoms with van der Waals surface area (Å²) in [6.07, 6.45) is 7.52. The molecule has 1 fully saturated rings. The molecule has 0 bridgehead atoms. The van der Waals surface area contributed by atoms with Crippen LogP contribution in [-0.2, 0) is 0 Å². The van der Waals surface area contributed by atoms with Crippen molar-refractivity contribution in [2.75, 3.05) is 4.90 Å². The van der Waals surface area contributed by atoms with Crippen molar-refractivity contribution >= 4 is 23.0 Å². The molecular weight excluding hydrogens is 478 g/mol. The molecule has 37 heavy (non-hydrogen) atoms. The second kappa shape index (κ2) is 9.87. The Labute approximate surface area is 221 Å². The fourth-order valence-corrected chi connectivity index (χ4v) is 5.12. The summed E-state index contributed by atoms with van der Waals surface area (Å²) in [5, 5.41) is 4.18. The highest BCUT2D eigenvalue weighted by molar-refractivity contribution is 7.80. The summed E-state index contributed by atoms with van der Waals surface area (Å²) in [6.45, 7) is 2.04. The number of anilines is 1. The normalized spacial score (nSPS) is 17.0. The lowest BCUT2D eigenvalue weighted by atomic mass is 10.0. The Bertz CT molecular complexity index is 1520. The highest BCUT2D eigenvalue weighted by atomic mass is 32.1. The zero-order valence-corrected chi connectivity index (χ0v) is 21.0. The second-order valence-corrected chi connectivity index (χ2v) is 9.26. The molecule has 2 atom stereocenters. The van der Waals surface area contributed by atoms with Crippen LogP contribution in [0, 0.1) is 6.92 Å². The largest absolute Gasteiger partial charge is 0.457 e. The van der Waals surface area contributed by atoms with Crippen LogP contribution < -0.4 is 15.0 Å². The molecule has 7 heteroatoms. The first-order valence-corrected chi connectivity index (χ1v) is 12.5. The Morgan fingerprint density at radius 3 is 2.43 bits per heavy atom. The molecule has 6 rings (SSSR count). The van der Waals surface area contributed by atoms with E-state index in [1.807, 2.05) is 92.1 Å². The van der Waals surface area contributed by atoms with E-state index in [2.05, 4.69) is 49.1 Å². The van der Waals surface area contributed by atoms with E-state index in [1.54, 1.807) is 6.20 Å². The van der Waals surface area contributed by atoms with E-state index < -0.39 is 0 Å². The van der Waals surface area contributed by atoms with Gasteiger partial charge in [0.15, 0.2) is 5.11 Å². The van der Waals surface area contributed by atoms with Gasteiger partial charge in [0.1, 0.15) is 17.5 Å². The summed E-state index contributed by atoms with van der Waals surface area (Å²) in [4.78, 5) is 11.2. The molecule has 2 aromatic carbocycles. The minimum atomic E-state index is -0.138. The van der Waals surface area contributed by atoms with E-state index >= 15 is 0 Å². The number of hydrogen-bond acceptors (Lipinski definition) is 4. The number of rotatable bonds is 6. The standard InChI is InChI=1S/C30H25N5OS/c1-21-8-2-3-12-27(21)36-24-15-13-22(14-16-24)35-29(28(33-30(35)37)25-10-4-5-18-32-25)26-11-7-19-34(26)23-9-6-17-31-20-23/h2-20,28-29H,1H3,(H,33,37)/t28-,29-/m1/s1. The molecule has 0 spiro atoms. The number of nitrogens with one attached hydrogen (secondary N) is 1. The Balaban J connectivity index is 1.39. The average molecular weight is 504 g/mol. The van der Waals surface area contributed by atoms with Crippen molar-refractivity contribution in [1.29, 1.82) is 0 Å². The van der Waals surface area contributed by atoms with Crippen LogP contribution in [0.15, 0.2) is 116 Å². The van der Waals surface area contributed by atoms with Crippen molar-refractivity contribution in [1.82, 2.24) is 19.9 Å². The van der Waals surface area contributed by atoms with E-state index in [9.17, 15) is 0 Å². The number of pyridine rings is 2. The van der Waals surface area contributed by atoms with Gasteiger partial charge in [-0.05, 0) is 91.4 Å². The highest BCUT2D eigenvalue weighted by Gasteiger charge is 2.42. The molecule has 1 aliphatic rings. The van der Waals surface area contributed by atoms with Crippen molar-refractivity contribution in [2.24, 2.45) is 0 Å². The molecule has 0 aliphatic carbocycles. The van der Waals surface area contributed by atoms with Crippen molar-refractivity contribution < 1.29 is 4.74 Å². The minimum absolute atomic E-state index is 0.137. The molecule has 1 saturated heterocycles. The summed E-state index contributed by atoms with van der Waals surface area (Å²) < 4.78 is 8.29. The number of aromatic nitrogens is 3. The number of nitrogens with zero attached hydrogens (tertiary/aromatic N) is 4. The SMILES string of the molecule is Cc1ccccc1Oc1ccc(N2C(=S)N[C@H](c3ccccn3)[C@H]2c2cccn2-c2cccnc2)cc1. The van der Waals surface area contributed by atoms with Crippen molar-refractivity contribution in [3.63, 3.8) is 0 Å². The predicted octanol–water partition coefficient (Wildman–Crippen LogP) is 6.55. The maximum Gasteiger partial charge on any atom is 0.174 e. The van der Waals surface area contributed by atoms with Gasteiger partial charge in [-0.25, -0.2) is 0 Å². The summed E-state index contributed by atoms with van der Waals surface area (Å²) >= 11 is 5.90. The third-order valence-electron chi connectivity index (χ3n) is 6.54. The van der Waals surface area contributed by atoms with Crippen molar-refractivity contribution in [3.05, 3.63) is 133 Å². The van der Waals surface area contributed by atoms with Crippen LogP contribution in [0.5, 0.6) is 11.5 Å². The molecule has 0 radical (unpaired) electrons. The maximum atomic E-state index is 6.13. The van der Waals surface area contributed by atoms with Gasteiger partial charge in [-0.3, -0.25) is 9.97 Å².